The number of fused-ring (bicyclic) bond motifs is 1. The fourth-order valence-corrected chi connectivity index (χ4v) is 4.92. The first-order chi connectivity index (χ1) is 14.4. The van der Waals surface area contributed by atoms with Gasteiger partial charge in [-0.1, -0.05) is 30.7 Å². The minimum Gasteiger partial charge on any atom is -0.497 e. The molecule has 1 aliphatic rings. The zero-order valence-corrected chi connectivity index (χ0v) is 18.8. The van der Waals surface area contributed by atoms with Gasteiger partial charge in [-0.3, -0.25) is 9.59 Å². The van der Waals surface area contributed by atoms with Crippen molar-refractivity contribution in [2.45, 2.75) is 30.1 Å². The molecule has 0 unspecified atom stereocenters. The first-order valence-electron chi connectivity index (χ1n) is 9.74. The van der Waals surface area contributed by atoms with E-state index in [0.29, 0.717) is 23.9 Å². The van der Waals surface area contributed by atoms with Crippen LogP contribution in [-0.2, 0) is 14.3 Å². The number of nitrogens with zero attached hydrogens (tertiary/aromatic N) is 1. The lowest BCUT2D eigenvalue weighted by molar-refractivity contribution is -0.152. The summed E-state index contributed by atoms with van der Waals surface area (Å²) in [6.45, 7) is 5.20. The van der Waals surface area contributed by atoms with Crippen LogP contribution in [0.15, 0.2) is 47.4 Å². The average molecular weight is 449 g/mol. The molecule has 1 aliphatic heterocycles. The second-order valence-corrected chi connectivity index (χ2v) is 8.42. The number of benzene rings is 2. The molecular formula is C22H25ClN2O4S. The van der Waals surface area contributed by atoms with E-state index < -0.39 is 17.3 Å². The minimum absolute atomic E-state index is 0.252. The highest BCUT2D eigenvalue weighted by molar-refractivity contribution is 7.99. The number of rotatable bonds is 7. The molecule has 0 spiro atoms. The van der Waals surface area contributed by atoms with Crippen molar-refractivity contribution in [1.29, 1.82) is 0 Å². The van der Waals surface area contributed by atoms with Crippen molar-refractivity contribution in [2.75, 3.05) is 31.6 Å². The minimum atomic E-state index is -0.964. The number of methoxy groups -OCH3 is 1. The zero-order chi connectivity index (χ0) is 21.7. The number of esters is 1. The summed E-state index contributed by atoms with van der Waals surface area (Å²) in [6.07, 6.45) is -0.964. The first-order valence-corrected chi connectivity index (χ1v) is 11.0. The summed E-state index contributed by atoms with van der Waals surface area (Å²) in [7, 11) is 1.60. The van der Waals surface area contributed by atoms with E-state index in [-0.39, 0.29) is 5.91 Å². The lowest BCUT2D eigenvalue weighted by Gasteiger charge is -2.27. The van der Waals surface area contributed by atoms with Gasteiger partial charge in [0.1, 0.15) is 5.75 Å². The number of hydrogen-bond acceptors (Lipinski definition) is 6. The summed E-state index contributed by atoms with van der Waals surface area (Å²) in [5.41, 5.74) is 1.63. The number of anilines is 1. The molecule has 3 rings (SSSR count). The van der Waals surface area contributed by atoms with E-state index in [2.05, 4.69) is 5.32 Å². The Morgan fingerprint density at radius 2 is 1.97 bits per heavy atom. The van der Waals surface area contributed by atoms with Gasteiger partial charge in [0.25, 0.3) is 5.91 Å². The van der Waals surface area contributed by atoms with Crippen molar-refractivity contribution in [3.05, 3.63) is 53.1 Å². The van der Waals surface area contributed by atoms with Crippen molar-refractivity contribution in [1.82, 2.24) is 5.32 Å². The van der Waals surface area contributed by atoms with Gasteiger partial charge in [0.05, 0.1) is 18.0 Å². The van der Waals surface area contributed by atoms with E-state index in [9.17, 15) is 9.59 Å². The standard InChI is InChI=1S/C22H25ClN2O4S/c1-4-24-11-12-25-18-10-7-16(23)13-19(18)30-21(20(22(25)27)29-14(2)26)15-5-8-17(28-3)9-6-15/h5-10,13,20-21,24H,4,11-12H2,1-3H3/t20-,21+/m0/s1. The van der Waals surface area contributed by atoms with Crippen molar-refractivity contribution < 1.29 is 19.1 Å². The van der Waals surface area contributed by atoms with Gasteiger partial charge in [-0.15, -0.1) is 11.8 Å². The van der Waals surface area contributed by atoms with Crippen LogP contribution >= 0.6 is 23.4 Å². The maximum atomic E-state index is 13.6. The predicted molar refractivity (Wildman–Crippen MR) is 119 cm³/mol. The molecule has 2 aromatic carbocycles. The van der Waals surface area contributed by atoms with E-state index >= 15 is 0 Å². The van der Waals surface area contributed by atoms with Gasteiger partial charge < -0.3 is 19.7 Å². The van der Waals surface area contributed by atoms with Gasteiger partial charge in [-0.2, -0.15) is 0 Å². The molecule has 0 bridgehead atoms. The highest BCUT2D eigenvalue weighted by Crippen LogP contribution is 2.47. The molecular weight excluding hydrogens is 424 g/mol. The Morgan fingerprint density at radius 1 is 1.23 bits per heavy atom. The average Bonchev–Trinajstić information content (AvgIpc) is 2.83. The van der Waals surface area contributed by atoms with Gasteiger partial charge in [0.15, 0.2) is 6.10 Å². The van der Waals surface area contributed by atoms with Crippen LogP contribution in [-0.4, -0.2) is 44.7 Å². The van der Waals surface area contributed by atoms with Crippen molar-refractivity contribution in [3.63, 3.8) is 0 Å². The first kappa shape index (κ1) is 22.5. The molecule has 30 heavy (non-hydrogen) atoms. The molecule has 0 radical (unpaired) electrons. The van der Waals surface area contributed by atoms with E-state index in [4.69, 9.17) is 21.1 Å². The molecule has 1 N–H and O–H groups in total. The van der Waals surface area contributed by atoms with Crippen molar-refractivity contribution >= 4 is 40.9 Å². The lowest BCUT2D eigenvalue weighted by Crippen LogP contribution is -2.45. The molecule has 8 heteroatoms. The quantitative estimate of drug-likeness (QED) is 0.508. The fourth-order valence-electron chi connectivity index (χ4n) is 3.33. The number of carbonyl (C=O) groups is 2. The van der Waals surface area contributed by atoms with Crippen molar-refractivity contribution in [3.8, 4) is 5.75 Å². The Balaban J connectivity index is 2.07. The zero-order valence-electron chi connectivity index (χ0n) is 17.2. The third-order valence-electron chi connectivity index (χ3n) is 4.75. The predicted octanol–water partition coefficient (Wildman–Crippen LogP) is 4.07. The van der Waals surface area contributed by atoms with Gasteiger partial charge in [-0.05, 0) is 42.4 Å². The summed E-state index contributed by atoms with van der Waals surface area (Å²) >= 11 is 7.73. The highest BCUT2D eigenvalue weighted by atomic mass is 35.5. The van der Waals surface area contributed by atoms with Crippen LogP contribution in [0.4, 0.5) is 5.69 Å². The molecule has 0 fully saturated rings. The maximum absolute atomic E-state index is 13.6. The van der Waals surface area contributed by atoms with Crippen LogP contribution in [0.5, 0.6) is 5.75 Å². The summed E-state index contributed by atoms with van der Waals surface area (Å²) in [5, 5.41) is 3.40. The maximum Gasteiger partial charge on any atom is 0.303 e. The van der Waals surface area contributed by atoms with E-state index in [1.165, 1.54) is 18.7 Å². The highest BCUT2D eigenvalue weighted by Gasteiger charge is 2.40. The van der Waals surface area contributed by atoms with E-state index in [1.807, 2.05) is 43.3 Å². The van der Waals surface area contributed by atoms with Crippen LogP contribution in [0.3, 0.4) is 0 Å². The van der Waals surface area contributed by atoms with Crippen LogP contribution in [0.25, 0.3) is 0 Å². The van der Waals surface area contributed by atoms with Crippen LogP contribution in [0.1, 0.15) is 24.7 Å². The lowest BCUT2D eigenvalue weighted by atomic mass is 10.1. The third-order valence-corrected chi connectivity index (χ3v) is 6.34. The number of hydrogen-bond donors (Lipinski definition) is 1. The number of amides is 1. The number of thioether (sulfide) groups is 1. The molecule has 0 saturated heterocycles. The third kappa shape index (κ3) is 5.09. The number of likely N-dealkylation sites (N-methyl/N-ethyl adjacent to an activating group) is 1. The van der Waals surface area contributed by atoms with Gasteiger partial charge >= 0.3 is 5.97 Å². The summed E-state index contributed by atoms with van der Waals surface area (Å²) < 4.78 is 10.8. The smallest absolute Gasteiger partial charge is 0.303 e. The largest absolute Gasteiger partial charge is 0.497 e. The van der Waals surface area contributed by atoms with Crippen LogP contribution in [0.2, 0.25) is 5.02 Å². The molecule has 6 nitrogen and oxygen atoms in total. The Hall–Kier alpha value is -2.22. The van der Waals surface area contributed by atoms with Gasteiger partial charge in [0.2, 0.25) is 0 Å². The van der Waals surface area contributed by atoms with Crippen LogP contribution < -0.4 is 15.0 Å². The molecule has 0 aliphatic carbocycles. The van der Waals surface area contributed by atoms with E-state index in [0.717, 1.165) is 22.7 Å². The molecule has 2 aromatic rings. The Kier molecular flexibility index (Phi) is 7.64. The van der Waals surface area contributed by atoms with Gasteiger partial charge in [-0.25, -0.2) is 0 Å². The number of nitrogens with one attached hydrogen (secondary N) is 1. The fraction of sp³-hybridized carbons (Fsp3) is 0.364. The number of carbonyl (C=O) groups excluding carboxylic acids is 2. The topological polar surface area (TPSA) is 67.9 Å². The Bertz CT molecular complexity index is 907. The normalized spacial score (nSPS) is 18.5. The summed E-state index contributed by atoms with van der Waals surface area (Å²) in [6, 6.07) is 12.9. The second kappa shape index (κ2) is 10.2. The van der Waals surface area contributed by atoms with E-state index in [1.54, 1.807) is 18.1 Å². The Morgan fingerprint density at radius 3 is 2.60 bits per heavy atom. The monoisotopic (exact) mass is 448 g/mol. The number of halogens is 1. The molecule has 0 saturated carbocycles. The van der Waals surface area contributed by atoms with Crippen LogP contribution in [0, 0.1) is 0 Å². The molecule has 160 valence electrons. The molecule has 0 aromatic heterocycles. The molecule has 1 amide bonds. The number of ether oxygens (including phenoxy) is 2. The summed E-state index contributed by atoms with van der Waals surface area (Å²) in [4.78, 5) is 28.0. The Labute approximate surface area is 185 Å². The van der Waals surface area contributed by atoms with Gasteiger partial charge in [0, 0.05) is 29.9 Å². The molecule has 2 atom stereocenters. The molecule has 1 heterocycles. The second-order valence-electron chi connectivity index (χ2n) is 6.80. The van der Waals surface area contributed by atoms with Crippen molar-refractivity contribution in [2.24, 2.45) is 0 Å². The SMILES string of the molecule is CCNCCN1C(=O)[C@@H](OC(C)=O)[C@@H](c2ccc(OC)cc2)Sc2cc(Cl)ccc21. The summed E-state index contributed by atoms with van der Waals surface area (Å²) in [5.74, 6) is -0.0379.